The van der Waals surface area contributed by atoms with Gasteiger partial charge in [-0.25, -0.2) is 0 Å². The number of benzene rings is 2. The Kier molecular flexibility index (Phi) is 4.10. The molecule has 0 spiro atoms. The summed E-state index contributed by atoms with van der Waals surface area (Å²) in [6, 6.07) is 19.4. The molecule has 1 heteroatoms. The number of rotatable bonds is 3. The molecule has 0 aliphatic heterocycles. The summed E-state index contributed by atoms with van der Waals surface area (Å²) < 4.78 is 0. The second-order valence-electron chi connectivity index (χ2n) is 5.89. The highest BCUT2D eigenvalue weighted by molar-refractivity contribution is 5.71. The lowest BCUT2D eigenvalue weighted by Crippen LogP contribution is -2.20. The molecule has 2 aromatic carbocycles. The van der Waals surface area contributed by atoms with E-state index in [1.165, 1.54) is 53.9 Å². The number of aryl methyl sites for hydroxylation is 1. The molecule has 0 fully saturated rings. The first-order valence-corrected chi connectivity index (χ1v) is 7.87. The number of allylic oxidation sites excluding steroid dienone is 2. The normalized spacial score (nSPS) is 15.1. The van der Waals surface area contributed by atoms with Gasteiger partial charge in [0.15, 0.2) is 0 Å². The maximum absolute atomic E-state index is 2.46. The largest absolute Gasteiger partial charge is 0.314 e. The van der Waals surface area contributed by atoms with Crippen LogP contribution in [0.4, 0.5) is 11.4 Å². The Morgan fingerprint density at radius 1 is 0.762 bits per heavy atom. The Morgan fingerprint density at radius 2 is 1.43 bits per heavy atom. The van der Waals surface area contributed by atoms with Gasteiger partial charge in [-0.3, -0.25) is 0 Å². The third-order valence-corrected chi connectivity index (χ3v) is 4.35. The fourth-order valence-corrected chi connectivity index (χ4v) is 3.17. The zero-order chi connectivity index (χ0) is 14.7. The molecule has 0 radical (unpaired) electrons. The van der Waals surface area contributed by atoms with E-state index in [1.54, 1.807) is 0 Å². The van der Waals surface area contributed by atoms with Crippen molar-refractivity contribution in [3.8, 4) is 0 Å². The first-order valence-electron chi connectivity index (χ1n) is 7.87. The molecule has 1 aliphatic carbocycles. The number of anilines is 2. The highest BCUT2D eigenvalue weighted by atomic mass is 15.2. The average Bonchev–Trinajstić information content (AvgIpc) is 2.52. The topological polar surface area (TPSA) is 3.24 Å². The first-order chi connectivity index (χ1) is 10.3. The molecule has 0 saturated carbocycles. The van der Waals surface area contributed by atoms with Crippen molar-refractivity contribution in [2.45, 2.75) is 39.5 Å². The van der Waals surface area contributed by atoms with Crippen LogP contribution in [0.5, 0.6) is 0 Å². The van der Waals surface area contributed by atoms with Crippen molar-refractivity contribution < 1.29 is 0 Å². The molecule has 0 saturated heterocycles. The minimum atomic E-state index is 1.18. The van der Waals surface area contributed by atoms with Crippen molar-refractivity contribution in [2.75, 3.05) is 4.90 Å². The van der Waals surface area contributed by atoms with Gasteiger partial charge in [0.25, 0.3) is 0 Å². The maximum atomic E-state index is 2.46. The van der Waals surface area contributed by atoms with E-state index < -0.39 is 0 Å². The van der Waals surface area contributed by atoms with Crippen molar-refractivity contribution in [1.82, 2.24) is 0 Å². The Labute approximate surface area is 127 Å². The zero-order valence-corrected chi connectivity index (χ0v) is 13.0. The van der Waals surface area contributed by atoms with E-state index in [0.717, 1.165) is 0 Å². The summed E-state index contributed by atoms with van der Waals surface area (Å²) in [5, 5.41) is 0. The Balaban J connectivity index is 2.14. The highest BCUT2D eigenvalue weighted by Gasteiger charge is 2.20. The molecule has 0 bridgehead atoms. The average molecular weight is 277 g/mol. The Morgan fingerprint density at radius 3 is 2.14 bits per heavy atom. The molecule has 0 unspecified atom stereocenters. The van der Waals surface area contributed by atoms with Crippen molar-refractivity contribution in [1.29, 1.82) is 0 Å². The third-order valence-electron chi connectivity index (χ3n) is 4.35. The lowest BCUT2D eigenvalue weighted by atomic mass is 9.95. The van der Waals surface area contributed by atoms with Gasteiger partial charge in [-0.15, -0.1) is 0 Å². The summed E-state index contributed by atoms with van der Waals surface area (Å²) in [7, 11) is 0. The van der Waals surface area contributed by atoms with Crippen molar-refractivity contribution >= 4 is 11.4 Å². The van der Waals surface area contributed by atoms with Crippen LogP contribution in [0.2, 0.25) is 0 Å². The number of nitrogens with zero attached hydrogens (tertiary/aromatic N) is 1. The molecule has 0 atom stereocenters. The van der Waals surface area contributed by atoms with Gasteiger partial charge in [-0.2, -0.15) is 0 Å². The monoisotopic (exact) mass is 277 g/mol. The number of para-hydroxylation sites is 2. The zero-order valence-electron chi connectivity index (χ0n) is 13.0. The van der Waals surface area contributed by atoms with Crippen LogP contribution in [0.3, 0.4) is 0 Å². The van der Waals surface area contributed by atoms with Crippen molar-refractivity contribution in [3.63, 3.8) is 0 Å². The molecule has 1 aliphatic rings. The predicted molar refractivity (Wildman–Crippen MR) is 90.9 cm³/mol. The van der Waals surface area contributed by atoms with Gasteiger partial charge in [-0.05, 0) is 63.3 Å². The minimum absolute atomic E-state index is 1.18. The van der Waals surface area contributed by atoms with E-state index in [4.69, 9.17) is 0 Å². The second kappa shape index (κ2) is 6.17. The van der Waals surface area contributed by atoms with Crippen LogP contribution in [0.15, 0.2) is 65.9 Å². The summed E-state index contributed by atoms with van der Waals surface area (Å²) in [6.07, 6.45) is 5.02. The number of hydrogen-bond donors (Lipinski definition) is 0. The van der Waals surface area contributed by atoms with Crippen molar-refractivity contribution in [3.05, 3.63) is 71.4 Å². The molecule has 1 nitrogen and oxygen atoms in total. The standard InChI is InChI=1S/C20H23N/c1-16-10-6-8-14-19(16)21(18-12-4-3-5-13-18)20-15-9-7-11-17(20)2/h3-6,8,10,12-14H,7,9,11,15H2,1-2H3. The van der Waals surface area contributed by atoms with Gasteiger partial charge in [0.2, 0.25) is 0 Å². The Hall–Kier alpha value is -2.02. The van der Waals surface area contributed by atoms with Crippen LogP contribution in [0.1, 0.15) is 38.2 Å². The van der Waals surface area contributed by atoms with Crippen LogP contribution in [-0.2, 0) is 0 Å². The summed E-state index contributed by atoms with van der Waals surface area (Å²) >= 11 is 0. The molecular weight excluding hydrogens is 254 g/mol. The van der Waals surface area contributed by atoms with Crippen LogP contribution in [0.25, 0.3) is 0 Å². The highest BCUT2D eigenvalue weighted by Crippen LogP contribution is 2.37. The van der Waals surface area contributed by atoms with Crippen LogP contribution >= 0.6 is 0 Å². The fraction of sp³-hybridized carbons (Fsp3) is 0.300. The fourth-order valence-electron chi connectivity index (χ4n) is 3.17. The molecule has 0 N–H and O–H groups in total. The van der Waals surface area contributed by atoms with E-state index in [0.29, 0.717) is 0 Å². The van der Waals surface area contributed by atoms with Crippen molar-refractivity contribution in [2.24, 2.45) is 0 Å². The first kappa shape index (κ1) is 13.9. The second-order valence-corrected chi connectivity index (χ2v) is 5.89. The minimum Gasteiger partial charge on any atom is -0.314 e. The van der Waals surface area contributed by atoms with E-state index >= 15 is 0 Å². The molecule has 3 rings (SSSR count). The summed E-state index contributed by atoms with van der Waals surface area (Å²) in [5.74, 6) is 0. The van der Waals surface area contributed by atoms with E-state index in [-0.39, 0.29) is 0 Å². The molecule has 0 aromatic heterocycles. The lowest BCUT2D eigenvalue weighted by Gasteiger charge is -2.33. The summed E-state index contributed by atoms with van der Waals surface area (Å²) in [6.45, 7) is 4.49. The molecule has 0 heterocycles. The quantitative estimate of drug-likeness (QED) is 0.667. The number of hydrogen-bond acceptors (Lipinski definition) is 1. The SMILES string of the molecule is CC1=C(N(c2ccccc2)c2ccccc2C)CCCC1. The third kappa shape index (κ3) is 2.87. The van der Waals surface area contributed by atoms with Gasteiger partial charge in [0.1, 0.15) is 0 Å². The Bertz CT molecular complexity index is 640. The van der Waals surface area contributed by atoms with Gasteiger partial charge >= 0.3 is 0 Å². The summed E-state index contributed by atoms with van der Waals surface area (Å²) in [4.78, 5) is 2.46. The van der Waals surface area contributed by atoms with Gasteiger partial charge in [-0.1, -0.05) is 42.0 Å². The van der Waals surface area contributed by atoms with Gasteiger partial charge in [0.05, 0.1) is 0 Å². The molecule has 2 aromatic rings. The smallest absolute Gasteiger partial charge is 0.0487 e. The van der Waals surface area contributed by atoms with Crippen LogP contribution in [0, 0.1) is 6.92 Å². The predicted octanol–water partition coefficient (Wildman–Crippen LogP) is 5.98. The summed E-state index contributed by atoms with van der Waals surface area (Å²) in [5.41, 5.74) is 6.92. The maximum Gasteiger partial charge on any atom is 0.0487 e. The van der Waals surface area contributed by atoms with Gasteiger partial charge in [0, 0.05) is 17.1 Å². The van der Waals surface area contributed by atoms with E-state index in [9.17, 15) is 0 Å². The van der Waals surface area contributed by atoms with Gasteiger partial charge < -0.3 is 4.90 Å². The van der Waals surface area contributed by atoms with Crippen LogP contribution in [-0.4, -0.2) is 0 Å². The molecule has 108 valence electrons. The lowest BCUT2D eigenvalue weighted by molar-refractivity contribution is 0.662. The van der Waals surface area contributed by atoms with E-state index in [1.807, 2.05) is 0 Å². The molecule has 21 heavy (non-hydrogen) atoms. The molecular formula is C20H23N. The van der Waals surface area contributed by atoms with Crippen LogP contribution < -0.4 is 4.90 Å². The molecule has 0 amide bonds. The van der Waals surface area contributed by atoms with E-state index in [2.05, 4.69) is 73.3 Å².